The third kappa shape index (κ3) is 3.65. The lowest BCUT2D eigenvalue weighted by molar-refractivity contribution is 0.0697. The molecule has 0 aliphatic rings. The number of hydrogen-bond donors (Lipinski definition) is 1. The van der Waals surface area contributed by atoms with Crippen molar-refractivity contribution < 1.29 is 14.3 Å². The van der Waals surface area contributed by atoms with E-state index in [0.717, 1.165) is 0 Å². The molecular weight excluding hydrogens is 373 g/mol. The zero-order valence-electron chi connectivity index (χ0n) is 13.2. The maximum Gasteiger partial charge on any atom is 0.337 e. The standard InChI is InChI=1S/C20H11Cl2NO3/c21-17-4-2-1-3-15(17)13(11-23)9-14-6-8-19(26-14)12-5-7-18(22)16(10-12)20(24)25/h1-10H,(H,24,25). The minimum absolute atomic E-state index is 0.00793. The summed E-state index contributed by atoms with van der Waals surface area (Å²) in [6, 6.07) is 17.1. The average molecular weight is 384 g/mol. The zero-order valence-corrected chi connectivity index (χ0v) is 14.8. The maximum atomic E-state index is 11.2. The van der Waals surface area contributed by atoms with Gasteiger partial charge in [-0.2, -0.15) is 5.26 Å². The summed E-state index contributed by atoms with van der Waals surface area (Å²) in [5.74, 6) is -0.204. The van der Waals surface area contributed by atoms with Gasteiger partial charge in [-0.15, -0.1) is 0 Å². The predicted octanol–water partition coefficient (Wildman–Crippen LogP) is 6.02. The molecule has 0 saturated heterocycles. The fraction of sp³-hybridized carbons (Fsp3) is 0. The highest BCUT2D eigenvalue weighted by Crippen LogP contribution is 2.29. The molecule has 128 valence electrons. The van der Waals surface area contributed by atoms with E-state index in [-0.39, 0.29) is 10.6 Å². The van der Waals surface area contributed by atoms with Crippen molar-refractivity contribution in [2.75, 3.05) is 0 Å². The van der Waals surface area contributed by atoms with Crippen molar-refractivity contribution in [3.8, 4) is 17.4 Å². The Kier molecular flexibility index (Phi) is 5.13. The van der Waals surface area contributed by atoms with Crippen LogP contribution in [-0.4, -0.2) is 11.1 Å². The number of allylic oxidation sites excluding steroid dienone is 1. The Morgan fingerprint density at radius 2 is 1.77 bits per heavy atom. The average Bonchev–Trinajstić information content (AvgIpc) is 3.09. The number of carboxylic acid groups (broad SMARTS) is 1. The number of carboxylic acids is 1. The van der Waals surface area contributed by atoms with Crippen LogP contribution in [0.25, 0.3) is 23.0 Å². The molecule has 3 aromatic rings. The van der Waals surface area contributed by atoms with Crippen LogP contribution in [0.5, 0.6) is 0 Å². The molecular formula is C20H11Cl2NO3. The van der Waals surface area contributed by atoms with Gasteiger partial charge in [-0.25, -0.2) is 4.79 Å². The molecule has 26 heavy (non-hydrogen) atoms. The third-order valence-corrected chi connectivity index (χ3v) is 4.34. The highest BCUT2D eigenvalue weighted by Gasteiger charge is 2.13. The van der Waals surface area contributed by atoms with Gasteiger partial charge in [0.05, 0.1) is 22.2 Å². The van der Waals surface area contributed by atoms with Crippen LogP contribution in [0, 0.1) is 11.3 Å². The molecule has 0 atom stereocenters. The second kappa shape index (κ2) is 7.49. The number of hydrogen-bond acceptors (Lipinski definition) is 3. The summed E-state index contributed by atoms with van der Waals surface area (Å²) in [6.07, 6.45) is 1.58. The molecule has 0 spiro atoms. The lowest BCUT2D eigenvalue weighted by Crippen LogP contribution is -1.97. The van der Waals surface area contributed by atoms with Crippen molar-refractivity contribution in [1.82, 2.24) is 0 Å². The summed E-state index contributed by atoms with van der Waals surface area (Å²) in [7, 11) is 0. The van der Waals surface area contributed by atoms with Crippen LogP contribution in [-0.2, 0) is 0 Å². The van der Waals surface area contributed by atoms with Crippen LogP contribution >= 0.6 is 23.2 Å². The number of carbonyl (C=O) groups is 1. The monoisotopic (exact) mass is 383 g/mol. The molecule has 0 fully saturated rings. The predicted molar refractivity (Wildman–Crippen MR) is 101 cm³/mol. The molecule has 0 aliphatic carbocycles. The first-order valence-corrected chi connectivity index (χ1v) is 8.25. The number of nitriles is 1. The Balaban J connectivity index is 1.98. The van der Waals surface area contributed by atoms with Gasteiger partial charge in [0.2, 0.25) is 0 Å². The molecule has 0 bridgehead atoms. The maximum absolute atomic E-state index is 11.2. The zero-order chi connectivity index (χ0) is 18.7. The topological polar surface area (TPSA) is 74.2 Å². The molecule has 0 aliphatic heterocycles. The molecule has 6 heteroatoms. The normalized spacial score (nSPS) is 11.2. The molecule has 1 heterocycles. The lowest BCUT2D eigenvalue weighted by atomic mass is 10.1. The van der Waals surface area contributed by atoms with Crippen molar-refractivity contribution in [3.05, 3.63) is 81.5 Å². The number of benzene rings is 2. The molecule has 0 saturated carbocycles. The second-order valence-corrected chi connectivity index (χ2v) is 6.17. The van der Waals surface area contributed by atoms with Crippen LogP contribution in [0.15, 0.2) is 59.0 Å². The van der Waals surface area contributed by atoms with Crippen LogP contribution in [0.1, 0.15) is 21.7 Å². The van der Waals surface area contributed by atoms with Crippen molar-refractivity contribution in [2.45, 2.75) is 0 Å². The van der Waals surface area contributed by atoms with Gasteiger partial charge < -0.3 is 9.52 Å². The summed E-state index contributed by atoms with van der Waals surface area (Å²) in [4.78, 5) is 11.2. The van der Waals surface area contributed by atoms with Gasteiger partial charge in [-0.05, 0) is 42.5 Å². The molecule has 0 amide bonds. The summed E-state index contributed by atoms with van der Waals surface area (Å²) < 4.78 is 5.73. The van der Waals surface area contributed by atoms with Gasteiger partial charge in [-0.1, -0.05) is 41.4 Å². The van der Waals surface area contributed by atoms with Gasteiger partial charge in [-0.3, -0.25) is 0 Å². The first kappa shape index (κ1) is 17.8. The smallest absolute Gasteiger partial charge is 0.337 e. The molecule has 1 aromatic heterocycles. The molecule has 0 radical (unpaired) electrons. The minimum atomic E-state index is -1.12. The Bertz CT molecular complexity index is 1060. The molecule has 2 aromatic carbocycles. The van der Waals surface area contributed by atoms with Crippen LogP contribution < -0.4 is 0 Å². The van der Waals surface area contributed by atoms with Crippen LogP contribution in [0.4, 0.5) is 0 Å². The second-order valence-electron chi connectivity index (χ2n) is 5.35. The Morgan fingerprint density at radius 3 is 2.46 bits per heavy atom. The number of furan rings is 1. The van der Waals surface area contributed by atoms with Crippen molar-refractivity contribution >= 4 is 40.8 Å². The summed E-state index contributed by atoms with van der Waals surface area (Å²) in [6.45, 7) is 0. The van der Waals surface area contributed by atoms with Gasteiger partial charge in [0.1, 0.15) is 11.5 Å². The molecule has 0 unspecified atom stereocenters. The molecule has 1 N–H and O–H groups in total. The Morgan fingerprint density at radius 1 is 1.04 bits per heavy atom. The van der Waals surface area contributed by atoms with Crippen LogP contribution in [0.3, 0.4) is 0 Å². The minimum Gasteiger partial charge on any atom is -0.478 e. The van der Waals surface area contributed by atoms with E-state index >= 15 is 0 Å². The lowest BCUT2D eigenvalue weighted by Gasteiger charge is -2.02. The summed E-state index contributed by atoms with van der Waals surface area (Å²) >= 11 is 12.0. The first-order chi connectivity index (χ1) is 12.5. The first-order valence-electron chi connectivity index (χ1n) is 7.49. The quantitative estimate of drug-likeness (QED) is 0.559. The number of nitrogens with zero attached hydrogens (tertiary/aromatic N) is 1. The third-order valence-electron chi connectivity index (χ3n) is 3.68. The van der Waals surface area contributed by atoms with E-state index in [9.17, 15) is 15.2 Å². The van der Waals surface area contributed by atoms with E-state index in [1.165, 1.54) is 12.1 Å². The van der Waals surface area contributed by atoms with E-state index in [4.69, 9.17) is 27.6 Å². The SMILES string of the molecule is N#CC(=Cc1ccc(-c2ccc(Cl)c(C(=O)O)c2)o1)c1ccccc1Cl. The van der Waals surface area contributed by atoms with Gasteiger partial charge in [0, 0.05) is 16.1 Å². The number of aromatic carboxylic acids is 1. The molecule has 4 nitrogen and oxygen atoms in total. The fourth-order valence-corrected chi connectivity index (χ4v) is 2.86. The van der Waals surface area contributed by atoms with E-state index < -0.39 is 5.97 Å². The van der Waals surface area contributed by atoms with E-state index in [1.807, 2.05) is 0 Å². The van der Waals surface area contributed by atoms with Gasteiger partial charge >= 0.3 is 5.97 Å². The highest BCUT2D eigenvalue weighted by molar-refractivity contribution is 6.33. The fourth-order valence-electron chi connectivity index (χ4n) is 2.42. The Hall–Kier alpha value is -3.00. The van der Waals surface area contributed by atoms with Crippen molar-refractivity contribution in [1.29, 1.82) is 5.26 Å². The highest BCUT2D eigenvalue weighted by atomic mass is 35.5. The van der Waals surface area contributed by atoms with Crippen molar-refractivity contribution in [3.63, 3.8) is 0 Å². The van der Waals surface area contributed by atoms with Gasteiger partial charge in [0.25, 0.3) is 0 Å². The van der Waals surface area contributed by atoms with Crippen LogP contribution in [0.2, 0.25) is 10.0 Å². The van der Waals surface area contributed by atoms with Crippen molar-refractivity contribution in [2.24, 2.45) is 0 Å². The van der Waals surface area contributed by atoms with Gasteiger partial charge in [0.15, 0.2) is 0 Å². The Labute approximate surface area is 159 Å². The number of halogens is 2. The van der Waals surface area contributed by atoms with E-state index in [1.54, 1.807) is 48.5 Å². The van der Waals surface area contributed by atoms with E-state index in [0.29, 0.717) is 33.2 Å². The molecule has 3 rings (SSSR count). The largest absolute Gasteiger partial charge is 0.478 e. The summed E-state index contributed by atoms with van der Waals surface area (Å²) in [5.41, 5.74) is 1.53. The number of rotatable bonds is 4. The summed E-state index contributed by atoms with van der Waals surface area (Å²) in [5, 5.41) is 19.2. The van der Waals surface area contributed by atoms with E-state index in [2.05, 4.69) is 6.07 Å².